The molecule has 0 spiro atoms. The van der Waals surface area contributed by atoms with Crippen molar-refractivity contribution in [3.63, 3.8) is 0 Å². The van der Waals surface area contributed by atoms with Crippen LogP contribution in [-0.4, -0.2) is 47.2 Å². The van der Waals surface area contributed by atoms with Gasteiger partial charge < -0.3 is 19.4 Å². The van der Waals surface area contributed by atoms with Gasteiger partial charge in [0.15, 0.2) is 11.5 Å². The van der Waals surface area contributed by atoms with E-state index >= 15 is 0 Å². The highest BCUT2D eigenvalue weighted by Crippen LogP contribution is 2.24. The number of methoxy groups -OCH3 is 1. The van der Waals surface area contributed by atoms with E-state index < -0.39 is 0 Å². The third kappa shape index (κ3) is 2.95. The van der Waals surface area contributed by atoms with E-state index in [4.69, 9.17) is 9.72 Å². The summed E-state index contributed by atoms with van der Waals surface area (Å²) < 4.78 is 7.56. The molecule has 6 heteroatoms. The number of ether oxygens (including phenoxy) is 1. The van der Waals surface area contributed by atoms with Crippen LogP contribution in [0.5, 0.6) is 0 Å². The Morgan fingerprint density at radius 1 is 1.48 bits per heavy atom. The molecule has 0 radical (unpaired) electrons. The van der Waals surface area contributed by atoms with Crippen LogP contribution < -0.4 is 10.2 Å². The molecule has 21 heavy (non-hydrogen) atoms. The van der Waals surface area contributed by atoms with Crippen molar-refractivity contribution in [2.24, 2.45) is 0 Å². The molecule has 6 nitrogen and oxygen atoms in total. The number of anilines is 2. The second-order valence-corrected chi connectivity index (χ2v) is 5.48. The lowest BCUT2D eigenvalue weighted by Crippen LogP contribution is -2.40. The molecule has 2 aromatic heterocycles. The van der Waals surface area contributed by atoms with E-state index in [1.807, 2.05) is 23.0 Å². The zero-order valence-electron chi connectivity index (χ0n) is 12.7. The van der Waals surface area contributed by atoms with Crippen molar-refractivity contribution in [1.82, 2.24) is 14.4 Å². The zero-order chi connectivity index (χ0) is 14.7. The van der Waals surface area contributed by atoms with Gasteiger partial charge in [0.2, 0.25) is 0 Å². The highest BCUT2D eigenvalue weighted by Gasteiger charge is 2.23. The Morgan fingerprint density at radius 2 is 2.38 bits per heavy atom. The Hall–Kier alpha value is -1.82. The van der Waals surface area contributed by atoms with Crippen molar-refractivity contribution in [2.75, 3.05) is 37.0 Å². The minimum atomic E-state index is 0.280. The number of imidazole rings is 1. The van der Waals surface area contributed by atoms with E-state index in [0.29, 0.717) is 0 Å². The quantitative estimate of drug-likeness (QED) is 0.914. The first-order chi connectivity index (χ1) is 10.3. The van der Waals surface area contributed by atoms with Gasteiger partial charge in [0.1, 0.15) is 5.82 Å². The van der Waals surface area contributed by atoms with Gasteiger partial charge in [0.05, 0.1) is 12.3 Å². The van der Waals surface area contributed by atoms with Gasteiger partial charge in [-0.15, -0.1) is 0 Å². The number of hydrogen-bond acceptors (Lipinski definition) is 5. The number of hydrogen-bond donors (Lipinski definition) is 1. The smallest absolute Gasteiger partial charge is 0.180 e. The summed E-state index contributed by atoms with van der Waals surface area (Å²) in [5.74, 6) is 1.85. The minimum Gasteiger partial charge on any atom is -0.380 e. The standard InChI is InChI=1S/C15H23N5O/c1-3-6-16-13-11-20-9-7-17-14(20)15(18-13)19-8-4-5-12(10-19)21-2/h7,9,11-12,16H,3-6,8,10H2,1-2H3. The summed E-state index contributed by atoms with van der Waals surface area (Å²) in [6.07, 6.45) is 9.39. The Balaban J connectivity index is 1.93. The van der Waals surface area contributed by atoms with E-state index in [9.17, 15) is 0 Å². The molecule has 1 aliphatic rings. The van der Waals surface area contributed by atoms with E-state index in [1.54, 1.807) is 7.11 Å². The van der Waals surface area contributed by atoms with Crippen molar-refractivity contribution >= 4 is 17.3 Å². The SMILES string of the molecule is CCCNc1cn2ccnc2c(N2CCCC(OC)C2)n1. The maximum absolute atomic E-state index is 5.52. The molecule has 0 bridgehead atoms. The number of rotatable bonds is 5. The van der Waals surface area contributed by atoms with Crippen LogP contribution in [0.3, 0.4) is 0 Å². The van der Waals surface area contributed by atoms with E-state index in [1.165, 1.54) is 0 Å². The molecule has 1 atom stereocenters. The molecular weight excluding hydrogens is 266 g/mol. The Kier molecular flexibility index (Phi) is 4.24. The normalized spacial score (nSPS) is 19.1. The highest BCUT2D eigenvalue weighted by molar-refractivity contribution is 5.67. The van der Waals surface area contributed by atoms with Crippen molar-refractivity contribution in [3.8, 4) is 0 Å². The monoisotopic (exact) mass is 289 g/mol. The van der Waals surface area contributed by atoms with Gasteiger partial charge in [-0.25, -0.2) is 9.97 Å². The Morgan fingerprint density at radius 3 is 3.19 bits per heavy atom. The van der Waals surface area contributed by atoms with Crippen molar-refractivity contribution in [3.05, 3.63) is 18.6 Å². The first-order valence-electron chi connectivity index (χ1n) is 7.67. The lowest BCUT2D eigenvalue weighted by molar-refractivity contribution is 0.0892. The first kappa shape index (κ1) is 14.1. The van der Waals surface area contributed by atoms with Crippen LogP contribution in [0.4, 0.5) is 11.6 Å². The van der Waals surface area contributed by atoms with Gasteiger partial charge >= 0.3 is 0 Å². The third-order valence-corrected chi connectivity index (χ3v) is 3.92. The maximum atomic E-state index is 5.52. The van der Waals surface area contributed by atoms with Crippen molar-refractivity contribution in [2.45, 2.75) is 32.3 Å². The fraction of sp³-hybridized carbons (Fsp3) is 0.600. The number of fused-ring (bicyclic) bond motifs is 1. The Labute approximate surface area is 125 Å². The van der Waals surface area contributed by atoms with E-state index in [-0.39, 0.29) is 6.10 Å². The van der Waals surface area contributed by atoms with Crippen LogP contribution in [0.25, 0.3) is 5.65 Å². The van der Waals surface area contributed by atoms with E-state index in [0.717, 1.165) is 56.2 Å². The average Bonchev–Trinajstić information content (AvgIpc) is 3.00. The molecule has 1 N–H and O–H groups in total. The summed E-state index contributed by atoms with van der Waals surface area (Å²) in [4.78, 5) is 11.5. The maximum Gasteiger partial charge on any atom is 0.180 e. The van der Waals surface area contributed by atoms with Crippen molar-refractivity contribution in [1.29, 1.82) is 0 Å². The summed E-state index contributed by atoms with van der Waals surface area (Å²) in [5, 5.41) is 3.36. The fourth-order valence-electron chi connectivity index (χ4n) is 2.79. The topological polar surface area (TPSA) is 54.7 Å². The van der Waals surface area contributed by atoms with Crippen molar-refractivity contribution < 1.29 is 4.74 Å². The van der Waals surface area contributed by atoms with Gasteiger partial charge in [-0.1, -0.05) is 6.92 Å². The van der Waals surface area contributed by atoms with Crippen LogP contribution in [0.2, 0.25) is 0 Å². The van der Waals surface area contributed by atoms with E-state index in [2.05, 4.69) is 22.1 Å². The molecule has 1 unspecified atom stereocenters. The van der Waals surface area contributed by atoms with Gasteiger partial charge in [-0.05, 0) is 19.3 Å². The molecule has 1 fully saturated rings. The van der Waals surface area contributed by atoms with Crippen LogP contribution in [0.1, 0.15) is 26.2 Å². The lowest BCUT2D eigenvalue weighted by Gasteiger charge is -2.33. The fourth-order valence-corrected chi connectivity index (χ4v) is 2.79. The van der Waals surface area contributed by atoms with Gasteiger partial charge in [0.25, 0.3) is 0 Å². The van der Waals surface area contributed by atoms with Crippen LogP contribution in [0, 0.1) is 0 Å². The highest BCUT2D eigenvalue weighted by atomic mass is 16.5. The molecule has 2 aromatic rings. The molecule has 3 heterocycles. The molecule has 0 aromatic carbocycles. The second-order valence-electron chi connectivity index (χ2n) is 5.48. The first-order valence-corrected chi connectivity index (χ1v) is 7.67. The largest absolute Gasteiger partial charge is 0.380 e. The average molecular weight is 289 g/mol. The Bertz CT molecular complexity index is 597. The zero-order valence-corrected chi connectivity index (χ0v) is 12.7. The number of nitrogens with one attached hydrogen (secondary N) is 1. The molecule has 0 amide bonds. The summed E-state index contributed by atoms with van der Waals surface area (Å²) in [7, 11) is 1.78. The van der Waals surface area contributed by atoms with Gasteiger partial charge in [0, 0.05) is 39.1 Å². The molecule has 3 rings (SSSR count). The minimum absolute atomic E-state index is 0.280. The molecule has 0 saturated carbocycles. The molecule has 0 aliphatic carbocycles. The van der Waals surface area contributed by atoms with Gasteiger partial charge in [-0.2, -0.15) is 0 Å². The van der Waals surface area contributed by atoms with Gasteiger partial charge in [-0.3, -0.25) is 0 Å². The summed E-state index contributed by atoms with van der Waals surface area (Å²) in [5.41, 5.74) is 0.911. The van der Waals surface area contributed by atoms with Crippen LogP contribution >= 0.6 is 0 Å². The number of aromatic nitrogens is 3. The molecule has 1 aliphatic heterocycles. The molecular formula is C15H23N5O. The molecule has 1 saturated heterocycles. The lowest BCUT2D eigenvalue weighted by atomic mass is 10.1. The van der Waals surface area contributed by atoms with Crippen LogP contribution in [-0.2, 0) is 4.74 Å². The summed E-state index contributed by atoms with van der Waals surface area (Å²) >= 11 is 0. The predicted molar refractivity (Wildman–Crippen MR) is 84.0 cm³/mol. The third-order valence-electron chi connectivity index (χ3n) is 3.92. The molecule has 114 valence electrons. The number of piperidine rings is 1. The summed E-state index contributed by atoms with van der Waals surface area (Å²) in [6, 6.07) is 0. The van der Waals surface area contributed by atoms with Crippen LogP contribution in [0.15, 0.2) is 18.6 Å². The second kappa shape index (κ2) is 6.30. The number of nitrogens with zero attached hydrogens (tertiary/aromatic N) is 4. The predicted octanol–water partition coefficient (Wildman–Crippen LogP) is 2.17. The summed E-state index contributed by atoms with van der Waals surface area (Å²) in [6.45, 7) is 4.96.